The molecule has 6 heterocycles. The van der Waals surface area contributed by atoms with Crippen LogP contribution in [0.3, 0.4) is 0 Å². The maximum atomic E-state index is 14.8. The van der Waals surface area contributed by atoms with E-state index in [1.807, 2.05) is 44.2 Å². The number of aromatic nitrogens is 3. The lowest BCUT2D eigenvalue weighted by Gasteiger charge is -2.37. The highest BCUT2D eigenvalue weighted by molar-refractivity contribution is 7.10. The molecule has 8 rings (SSSR count). The first-order chi connectivity index (χ1) is 30.2. The fraction of sp³-hybridized carbons (Fsp3) is 0.574. The van der Waals surface area contributed by atoms with E-state index in [0.717, 1.165) is 52.1 Å². The Morgan fingerprint density at radius 1 is 1.10 bits per heavy atom. The molecule has 15 nitrogen and oxygen atoms in total. The van der Waals surface area contributed by atoms with E-state index < -0.39 is 47.3 Å². The van der Waals surface area contributed by atoms with Crippen LogP contribution in [0.1, 0.15) is 82.9 Å². The number of fused-ring (bicyclic) bond motifs is 6. The van der Waals surface area contributed by atoms with E-state index in [4.69, 9.17) is 24.2 Å². The van der Waals surface area contributed by atoms with Crippen LogP contribution in [-0.4, -0.2) is 125 Å². The average Bonchev–Trinajstić information content (AvgIpc) is 3.57. The van der Waals surface area contributed by atoms with E-state index in [1.165, 1.54) is 16.3 Å². The van der Waals surface area contributed by atoms with Crippen molar-refractivity contribution in [2.75, 3.05) is 60.1 Å². The third-order valence-electron chi connectivity index (χ3n) is 13.4. The van der Waals surface area contributed by atoms with Crippen molar-refractivity contribution in [3.63, 3.8) is 0 Å². The largest absolute Gasteiger partial charge is 0.464 e. The number of amides is 3. The highest BCUT2D eigenvalue weighted by Gasteiger charge is 2.58. The first-order valence-electron chi connectivity index (χ1n) is 22.5. The number of aryl methyl sites for hydroxylation is 1. The lowest BCUT2D eigenvalue weighted by Crippen LogP contribution is -2.61. The average molecular weight is 883 g/mol. The minimum Gasteiger partial charge on any atom is -0.464 e. The molecule has 4 aromatic rings. The zero-order valence-electron chi connectivity index (χ0n) is 37.8. The summed E-state index contributed by atoms with van der Waals surface area (Å²) in [7, 11) is 3.72. The number of likely N-dealkylation sites (N-methyl/N-ethyl adjacent to an activating group) is 1. The number of pyridine rings is 1. The minimum atomic E-state index is -1.21. The van der Waals surface area contributed by atoms with Crippen LogP contribution in [0.4, 0.5) is 0 Å². The lowest BCUT2D eigenvalue weighted by molar-refractivity contribution is -0.156. The molecule has 2 N–H and O–H groups in total. The summed E-state index contributed by atoms with van der Waals surface area (Å²) in [6, 6.07) is 8.43. The number of ether oxygens (including phenoxy) is 3. The summed E-state index contributed by atoms with van der Waals surface area (Å²) in [4.78, 5) is 70.7. The number of benzene rings is 1. The molecule has 16 heteroatoms. The van der Waals surface area contributed by atoms with Gasteiger partial charge in [0, 0.05) is 92.0 Å². The van der Waals surface area contributed by atoms with Crippen molar-refractivity contribution in [1.82, 2.24) is 40.1 Å². The Kier molecular flexibility index (Phi) is 13.1. The topological polar surface area (TPSA) is 160 Å². The number of cyclic esters (lactones) is 1. The summed E-state index contributed by atoms with van der Waals surface area (Å²) in [5.74, 6) is -2.54. The van der Waals surface area contributed by atoms with E-state index in [0.29, 0.717) is 56.1 Å². The molecule has 3 fully saturated rings. The number of hydrazine groups is 1. The SMILES string of the molecule is CCO[C@@H]1c2nc(cs2)-c2ccc3c(c2)c(c(-c2cccnc2[C@H](C)OC)n3CC)CC(C)(C)COC(=O)[C@@H]2CCCN(N2)C(=O)[C@H]1NC(=O)[C@@H]1[C@@H](C)[C@H]1C(=O)N1CCN(C)CC1. The van der Waals surface area contributed by atoms with Crippen molar-refractivity contribution in [3.8, 4) is 22.5 Å². The summed E-state index contributed by atoms with van der Waals surface area (Å²) < 4.78 is 20.6. The molecular formula is C47H62N8O7S. The number of carbonyl (C=O) groups excluding carboxylic acids is 4. The van der Waals surface area contributed by atoms with Gasteiger partial charge in [-0.3, -0.25) is 29.2 Å². The number of nitrogens with one attached hydrogen (secondary N) is 2. The van der Waals surface area contributed by atoms with E-state index in [2.05, 4.69) is 65.2 Å². The number of carbonyl (C=O) groups is 4. The van der Waals surface area contributed by atoms with Gasteiger partial charge in [-0.05, 0) is 82.8 Å². The van der Waals surface area contributed by atoms with Gasteiger partial charge in [-0.2, -0.15) is 0 Å². The van der Waals surface area contributed by atoms with Crippen molar-refractivity contribution in [2.45, 2.75) is 91.6 Å². The zero-order chi connectivity index (χ0) is 44.7. The molecule has 338 valence electrons. The molecule has 63 heavy (non-hydrogen) atoms. The Bertz CT molecular complexity index is 2350. The van der Waals surface area contributed by atoms with Crippen LogP contribution in [-0.2, 0) is 46.4 Å². The Hall–Kier alpha value is -4.74. The molecule has 1 saturated carbocycles. The first-order valence-corrected chi connectivity index (χ1v) is 23.4. The lowest BCUT2D eigenvalue weighted by atomic mass is 9.84. The standard InChI is InChI=1S/C47H62N8O7S/c1-9-54-35-16-15-29-23-31(35)32(40(54)30-13-11-17-48-38(30)28(4)60-8)24-47(5,6)26-62-46(59)33-14-12-18-55(51-33)45(58)39(41(61-10-2)43-49-34(29)25-63-43)50-42(56)36-27(3)37(36)44(57)53-21-19-52(7)20-22-53/h11,13,15-17,23,25,27-28,33,36-37,39,41,51H,9-10,12,14,18-22,24,26H2,1-8H3,(H,50,56)/t27-,28+,33+,36-,37-,39+,41+/m1/s1. The number of esters is 1. The van der Waals surface area contributed by atoms with Crippen molar-refractivity contribution < 1.29 is 33.4 Å². The summed E-state index contributed by atoms with van der Waals surface area (Å²) in [6.45, 7) is 16.3. The fourth-order valence-corrected chi connectivity index (χ4v) is 10.6. The maximum absolute atomic E-state index is 14.8. The molecule has 0 radical (unpaired) electrons. The van der Waals surface area contributed by atoms with Gasteiger partial charge >= 0.3 is 5.97 Å². The van der Waals surface area contributed by atoms with E-state index >= 15 is 0 Å². The molecule has 0 unspecified atom stereocenters. The van der Waals surface area contributed by atoms with E-state index in [-0.39, 0.29) is 37.0 Å². The van der Waals surface area contributed by atoms with E-state index in [1.54, 1.807) is 13.3 Å². The van der Waals surface area contributed by atoms with Crippen LogP contribution in [0.15, 0.2) is 41.9 Å². The van der Waals surface area contributed by atoms with Gasteiger partial charge in [-0.25, -0.2) is 10.4 Å². The van der Waals surface area contributed by atoms with Gasteiger partial charge in [0.25, 0.3) is 5.91 Å². The quantitative estimate of drug-likeness (QED) is 0.208. The minimum absolute atomic E-state index is 0.0214. The van der Waals surface area contributed by atoms with E-state index in [9.17, 15) is 19.2 Å². The highest BCUT2D eigenvalue weighted by Crippen LogP contribution is 2.48. The highest BCUT2D eigenvalue weighted by atomic mass is 32.1. The number of hydrogen-bond donors (Lipinski definition) is 2. The van der Waals surface area contributed by atoms with Crippen LogP contribution in [0, 0.1) is 23.2 Å². The normalized spacial score (nSPS) is 26.0. The van der Waals surface area contributed by atoms with Crippen molar-refractivity contribution in [2.24, 2.45) is 23.2 Å². The summed E-state index contributed by atoms with van der Waals surface area (Å²) in [5, 5.41) is 8.02. The Labute approximate surface area is 373 Å². The summed E-state index contributed by atoms with van der Waals surface area (Å²) >= 11 is 1.37. The number of rotatable bonds is 9. The number of methoxy groups -OCH3 is 1. The molecule has 0 spiro atoms. The van der Waals surface area contributed by atoms with Crippen LogP contribution >= 0.6 is 11.3 Å². The third-order valence-corrected chi connectivity index (χ3v) is 14.3. The fourth-order valence-electron chi connectivity index (χ4n) is 9.67. The molecule has 7 atom stereocenters. The van der Waals surface area contributed by atoms with Crippen molar-refractivity contribution >= 4 is 45.9 Å². The molecule has 2 saturated heterocycles. The molecule has 3 amide bonds. The van der Waals surface area contributed by atoms with Gasteiger partial charge in [-0.1, -0.05) is 26.8 Å². The molecule has 1 aliphatic carbocycles. The predicted molar refractivity (Wildman–Crippen MR) is 240 cm³/mol. The molecular weight excluding hydrogens is 821 g/mol. The van der Waals surface area contributed by atoms with Crippen molar-refractivity contribution in [1.29, 1.82) is 0 Å². The number of hydrogen-bond acceptors (Lipinski definition) is 12. The summed E-state index contributed by atoms with van der Waals surface area (Å²) in [6.07, 6.45) is 2.17. The molecule has 4 aliphatic rings. The molecule has 3 aromatic heterocycles. The molecule has 6 bridgehead atoms. The summed E-state index contributed by atoms with van der Waals surface area (Å²) in [5.41, 5.74) is 9.26. The number of piperazine rings is 1. The third kappa shape index (κ3) is 8.89. The van der Waals surface area contributed by atoms with Crippen LogP contribution < -0.4 is 10.7 Å². The van der Waals surface area contributed by atoms with Crippen LogP contribution in [0.5, 0.6) is 0 Å². The van der Waals surface area contributed by atoms with Gasteiger partial charge in [0.15, 0.2) is 0 Å². The van der Waals surface area contributed by atoms with Crippen molar-refractivity contribution in [3.05, 3.63) is 58.2 Å². The van der Waals surface area contributed by atoms with Crippen LogP contribution in [0.25, 0.3) is 33.4 Å². The smallest absolute Gasteiger partial charge is 0.324 e. The van der Waals surface area contributed by atoms with Crippen LogP contribution in [0.2, 0.25) is 0 Å². The zero-order valence-corrected chi connectivity index (χ0v) is 38.6. The monoisotopic (exact) mass is 882 g/mol. The van der Waals surface area contributed by atoms with Gasteiger partial charge < -0.3 is 33.9 Å². The second kappa shape index (κ2) is 18.4. The van der Waals surface area contributed by atoms with Gasteiger partial charge in [-0.15, -0.1) is 11.3 Å². The van der Waals surface area contributed by atoms with Gasteiger partial charge in [0.05, 0.1) is 41.6 Å². The second-order valence-corrected chi connectivity index (χ2v) is 19.2. The Morgan fingerprint density at radius 2 is 1.87 bits per heavy atom. The van der Waals surface area contributed by atoms with Gasteiger partial charge in [0.2, 0.25) is 11.8 Å². The number of nitrogens with zero attached hydrogens (tertiary/aromatic N) is 6. The van der Waals surface area contributed by atoms with Gasteiger partial charge in [0.1, 0.15) is 23.2 Å². The Balaban J connectivity index is 1.21. The maximum Gasteiger partial charge on any atom is 0.324 e. The first kappa shape index (κ1) is 44.9. The molecule has 1 aromatic carbocycles. The second-order valence-electron chi connectivity index (χ2n) is 18.4. The predicted octanol–water partition coefficient (Wildman–Crippen LogP) is 5.39. The molecule has 3 aliphatic heterocycles. The number of thiazole rings is 1. The Morgan fingerprint density at radius 3 is 2.60 bits per heavy atom.